The van der Waals surface area contributed by atoms with Crippen LogP contribution in [0.1, 0.15) is 24.2 Å². The van der Waals surface area contributed by atoms with Gasteiger partial charge in [0.05, 0.1) is 12.2 Å². The molecule has 0 saturated carbocycles. The van der Waals surface area contributed by atoms with Gasteiger partial charge in [0.2, 0.25) is 0 Å². The molecule has 4 N–H and O–H groups in total. The Morgan fingerprint density at radius 2 is 1.37 bits per heavy atom. The number of ether oxygens (including phenoxy) is 2. The standard InChI is InChI=1S/C27H27N5O3/c1-18(2)16-34-27(33)19-8-10-20(11-9-19)31-25-24(28)26(30-17-29-25)32-21-12-14-23(15-13-21)35-22-6-4-3-5-7-22/h3-15,17-18H,16,28H2,1-2H3,(H2,29,30,31,32). The van der Waals surface area contributed by atoms with Crippen molar-refractivity contribution in [1.29, 1.82) is 0 Å². The van der Waals surface area contributed by atoms with E-state index in [2.05, 4.69) is 20.6 Å². The summed E-state index contributed by atoms with van der Waals surface area (Å²) in [5, 5.41) is 6.37. The average Bonchev–Trinajstić information content (AvgIpc) is 2.87. The van der Waals surface area contributed by atoms with Crippen molar-refractivity contribution in [3.05, 3.63) is 90.8 Å². The van der Waals surface area contributed by atoms with Crippen LogP contribution in [0.3, 0.4) is 0 Å². The molecular weight excluding hydrogens is 442 g/mol. The fourth-order valence-corrected chi connectivity index (χ4v) is 3.11. The van der Waals surface area contributed by atoms with E-state index in [0.717, 1.165) is 22.9 Å². The molecule has 0 aliphatic heterocycles. The van der Waals surface area contributed by atoms with E-state index in [1.807, 2.05) is 68.4 Å². The SMILES string of the molecule is CC(C)COC(=O)c1ccc(Nc2ncnc(Nc3ccc(Oc4ccccc4)cc3)c2N)cc1. The zero-order valence-corrected chi connectivity index (χ0v) is 19.6. The maximum Gasteiger partial charge on any atom is 0.338 e. The molecule has 1 aromatic heterocycles. The smallest absolute Gasteiger partial charge is 0.338 e. The first-order chi connectivity index (χ1) is 17.0. The van der Waals surface area contributed by atoms with Gasteiger partial charge in [0.25, 0.3) is 0 Å². The molecule has 4 aromatic rings. The molecule has 178 valence electrons. The fourth-order valence-electron chi connectivity index (χ4n) is 3.11. The minimum absolute atomic E-state index is 0.281. The molecule has 0 amide bonds. The van der Waals surface area contributed by atoms with E-state index in [4.69, 9.17) is 15.2 Å². The Morgan fingerprint density at radius 3 is 1.94 bits per heavy atom. The Balaban J connectivity index is 1.40. The highest BCUT2D eigenvalue weighted by molar-refractivity contribution is 5.90. The Labute approximate surface area is 204 Å². The zero-order valence-electron chi connectivity index (χ0n) is 19.6. The van der Waals surface area contributed by atoms with Gasteiger partial charge in [-0.15, -0.1) is 0 Å². The molecule has 0 bridgehead atoms. The Kier molecular flexibility index (Phi) is 7.42. The molecule has 3 aromatic carbocycles. The Morgan fingerprint density at radius 1 is 0.829 bits per heavy atom. The summed E-state index contributed by atoms with van der Waals surface area (Å²) in [6, 6.07) is 24.0. The van der Waals surface area contributed by atoms with Crippen molar-refractivity contribution < 1.29 is 14.3 Å². The molecule has 0 saturated heterocycles. The lowest BCUT2D eigenvalue weighted by molar-refractivity contribution is 0.0459. The minimum atomic E-state index is -0.349. The molecule has 4 rings (SSSR count). The molecule has 0 radical (unpaired) electrons. The average molecular weight is 470 g/mol. The van der Waals surface area contributed by atoms with Crippen LogP contribution in [0, 0.1) is 5.92 Å². The third kappa shape index (κ3) is 6.48. The number of esters is 1. The van der Waals surface area contributed by atoms with Crippen LogP contribution < -0.4 is 21.1 Å². The van der Waals surface area contributed by atoms with Gasteiger partial charge >= 0.3 is 5.97 Å². The van der Waals surface area contributed by atoms with Crippen LogP contribution in [-0.4, -0.2) is 22.5 Å². The first kappa shape index (κ1) is 23.6. The third-order valence-corrected chi connectivity index (χ3v) is 4.91. The number of rotatable bonds is 9. The normalized spacial score (nSPS) is 10.6. The quantitative estimate of drug-likeness (QED) is 0.250. The predicted molar refractivity (Wildman–Crippen MR) is 138 cm³/mol. The van der Waals surface area contributed by atoms with Crippen molar-refractivity contribution in [2.75, 3.05) is 23.0 Å². The number of nitrogens with one attached hydrogen (secondary N) is 2. The van der Waals surface area contributed by atoms with Crippen LogP contribution in [0.4, 0.5) is 28.7 Å². The highest BCUT2D eigenvalue weighted by Gasteiger charge is 2.11. The maximum absolute atomic E-state index is 12.1. The first-order valence-corrected chi connectivity index (χ1v) is 11.2. The van der Waals surface area contributed by atoms with Gasteiger partial charge in [-0.3, -0.25) is 0 Å². The molecule has 8 nitrogen and oxygen atoms in total. The number of nitrogens with two attached hydrogens (primary N) is 1. The summed E-state index contributed by atoms with van der Waals surface area (Å²) in [5.74, 6) is 2.33. The molecule has 0 atom stereocenters. The van der Waals surface area contributed by atoms with Crippen LogP contribution in [0.2, 0.25) is 0 Å². The Hall–Kier alpha value is -4.59. The van der Waals surface area contributed by atoms with E-state index in [0.29, 0.717) is 29.5 Å². The molecule has 8 heteroatoms. The van der Waals surface area contributed by atoms with Gasteiger partial charge in [-0.25, -0.2) is 14.8 Å². The van der Waals surface area contributed by atoms with Crippen LogP contribution in [0.5, 0.6) is 11.5 Å². The van der Waals surface area contributed by atoms with Crippen molar-refractivity contribution in [2.45, 2.75) is 13.8 Å². The number of carbonyl (C=O) groups is 1. The largest absolute Gasteiger partial charge is 0.462 e. The van der Waals surface area contributed by atoms with Crippen molar-refractivity contribution in [1.82, 2.24) is 9.97 Å². The number of hydrogen-bond acceptors (Lipinski definition) is 8. The summed E-state index contributed by atoms with van der Waals surface area (Å²) in [6.45, 7) is 4.37. The van der Waals surface area contributed by atoms with Gasteiger partial charge in [-0.2, -0.15) is 0 Å². The number of benzene rings is 3. The van der Waals surface area contributed by atoms with E-state index in [1.165, 1.54) is 6.33 Å². The van der Waals surface area contributed by atoms with E-state index in [1.54, 1.807) is 24.3 Å². The summed E-state index contributed by atoms with van der Waals surface area (Å²) in [6.07, 6.45) is 1.42. The van der Waals surface area contributed by atoms with Gasteiger partial charge in [-0.1, -0.05) is 32.0 Å². The van der Waals surface area contributed by atoms with Gasteiger partial charge in [0.1, 0.15) is 23.5 Å². The zero-order chi connectivity index (χ0) is 24.6. The van der Waals surface area contributed by atoms with Crippen LogP contribution in [0.25, 0.3) is 0 Å². The molecule has 0 unspecified atom stereocenters. The lowest BCUT2D eigenvalue weighted by Gasteiger charge is -2.13. The summed E-state index contributed by atoms with van der Waals surface area (Å²) in [4.78, 5) is 20.6. The molecular formula is C27H27N5O3. The highest BCUT2D eigenvalue weighted by atomic mass is 16.5. The van der Waals surface area contributed by atoms with Crippen molar-refractivity contribution in [2.24, 2.45) is 5.92 Å². The lowest BCUT2D eigenvalue weighted by atomic mass is 10.2. The monoisotopic (exact) mass is 469 g/mol. The highest BCUT2D eigenvalue weighted by Crippen LogP contribution is 2.29. The summed E-state index contributed by atoms with van der Waals surface area (Å²) in [5.41, 5.74) is 8.67. The van der Waals surface area contributed by atoms with Crippen LogP contribution in [0.15, 0.2) is 85.2 Å². The lowest BCUT2D eigenvalue weighted by Crippen LogP contribution is -2.10. The van der Waals surface area contributed by atoms with E-state index >= 15 is 0 Å². The number of aromatic nitrogens is 2. The molecule has 0 aliphatic rings. The molecule has 0 spiro atoms. The molecule has 0 fully saturated rings. The fraction of sp³-hybridized carbons (Fsp3) is 0.148. The van der Waals surface area contributed by atoms with Crippen molar-refractivity contribution >= 4 is 34.7 Å². The van der Waals surface area contributed by atoms with Gasteiger partial charge < -0.3 is 25.8 Å². The summed E-state index contributed by atoms with van der Waals surface area (Å²) in [7, 11) is 0. The summed E-state index contributed by atoms with van der Waals surface area (Å²) >= 11 is 0. The number of carbonyl (C=O) groups excluding carboxylic acids is 1. The van der Waals surface area contributed by atoms with E-state index in [9.17, 15) is 4.79 Å². The minimum Gasteiger partial charge on any atom is -0.462 e. The van der Waals surface area contributed by atoms with Crippen molar-refractivity contribution in [3.63, 3.8) is 0 Å². The number of anilines is 5. The Bertz CT molecular complexity index is 1260. The summed E-state index contributed by atoms with van der Waals surface area (Å²) < 4.78 is 11.1. The number of hydrogen-bond donors (Lipinski definition) is 3. The van der Waals surface area contributed by atoms with Crippen LogP contribution in [-0.2, 0) is 4.74 Å². The van der Waals surface area contributed by atoms with Gasteiger partial charge in [0, 0.05) is 11.4 Å². The van der Waals surface area contributed by atoms with Gasteiger partial charge in [0.15, 0.2) is 11.6 Å². The molecule has 1 heterocycles. The second-order valence-corrected chi connectivity index (χ2v) is 8.24. The number of nitrogens with zero attached hydrogens (tertiary/aromatic N) is 2. The number of para-hydroxylation sites is 1. The van der Waals surface area contributed by atoms with Crippen LogP contribution >= 0.6 is 0 Å². The third-order valence-electron chi connectivity index (χ3n) is 4.91. The topological polar surface area (TPSA) is 111 Å². The second kappa shape index (κ2) is 11.0. The molecule has 0 aliphatic carbocycles. The van der Waals surface area contributed by atoms with E-state index < -0.39 is 0 Å². The van der Waals surface area contributed by atoms with E-state index in [-0.39, 0.29) is 11.9 Å². The van der Waals surface area contributed by atoms with Crippen molar-refractivity contribution in [3.8, 4) is 11.5 Å². The van der Waals surface area contributed by atoms with Gasteiger partial charge in [-0.05, 0) is 66.6 Å². The molecule has 35 heavy (non-hydrogen) atoms. The maximum atomic E-state index is 12.1. The number of nitrogen functional groups attached to an aromatic ring is 1. The predicted octanol–water partition coefficient (Wildman–Crippen LogP) is 6.15. The first-order valence-electron chi connectivity index (χ1n) is 11.2. The second-order valence-electron chi connectivity index (χ2n) is 8.24.